The molecule has 0 saturated heterocycles. The van der Waals surface area contributed by atoms with Crippen molar-refractivity contribution >= 4 is 50.5 Å². The van der Waals surface area contributed by atoms with Crippen molar-refractivity contribution in [3.63, 3.8) is 0 Å². The average Bonchev–Trinajstić information content (AvgIpc) is 2.67. The number of anilines is 3. The lowest BCUT2D eigenvalue weighted by atomic mass is 10.2. The fraction of sp³-hybridized carbons (Fsp3) is 0.136. The quantitative estimate of drug-likeness (QED) is 0.439. The second-order valence-electron chi connectivity index (χ2n) is 6.36. The summed E-state index contributed by atoms with van der Waals surface area (Å²) in [6.45, 7) is 3.74. The van der Waals surface area contributed by atoms with E-state index >= 15 is 0 Å². The van der Waals surface area contributed by atoms with Crippen LogP contribution < -0.4 is 15.4 Å². The summed E-state index contributed by atoms with van der Waals surface area (Å²) in [4.78, 5) is 12.6. The number of amides is 1. The molecule has 4 nitrogen and oxygen atoms in total. The Bertz CT molecular complexity index is 977. The van der Waals surface area contributed by atoms with Crippen LogP contribution in [0.3, 0.4) is 0 Å². The summed E-state index contributed by atoms with van der Waals surface area (Å²) in [5.41, 5.74) is 3.62. The maximum atomic E-state index is 12.6. The smallest absolute Gasteiger partial charge is 0.265 e. The number of carbonyl (C=O) groups is 1. The van der Waals surface area contributed by atoms with Gasteiger partial charge in [-0.25, -0.2) is 0 Å². The molecule has 144 valence electrons. The van der Waals surface area contributed by atoms with Crippen LogP contribution in [-0.4, -0.2) is 12.0 Å². The summed E-state index contributed by atoms with van der Waals surface area (Å²) in [5.74, 6) is 0.304. The number of ether oxygens (including phenoxy) is 1. The Balaban J connectivity index is 1.70. The van der Waals surface area contributed by atoms with Crippen LogP contribution in [0.25, 0.3) is 0 Å². The topological polar surface area (TPSA) is 50.4 Å². The van der Waals surface area contributed by atoms with Gasteiger partial charge in [0.2, 0.25) is 0 Å². The highest BCUT2D eigenvalue weighted by Gasteiger charge is 2.17. The number of hydrogen-bond donors (Lipinski definition) is 2. The Morgan fingerprint density at radius 2 is 1.71 bits per heavy atom. The van der Waals surface area contributed by atoms with E-state index in [4.69, 9.17) is 16.3 Å². The first-order chi connectivity index (χ1) is 13.4. The van der Waals surface area contributed by atoms with E-state index in [0.29, 0.717) is 20.9 Å². The minimum absolute atomic E-state index is 0.250. The van der Waals surface area contributed by atoms with Gasteiger partial charge >= 0.3 is 0 Å². The van der Waals surface area contributed by atoms with E-state index in [0.717, 1.165) is 11.4 Å². The van der Waals surface area contributed by atoms with Gasteiger partial charge in [0.05, 0.1) is 15.8 Å². The molecule has 1 unspecified atom stereocenters. The van der Waals surface area contributed by atoms with Gasteiger partial charge in [-0.05, 0) is 72.2 Å². The molecule has 2 N–H and O–H groups in total. The van der Waals surface area contributed by atoms with E-state index < -0.39 is 6.10 Å². The lowest BCUT2D eigenvalue weighted by Gasteiger charge is -2.18. The average molecular weight is 460 g/mol. The summed E-state index contributed by atoms with van der Waals surface area (Å²) in [6, 6.07) is 20.8. The summed E-state index contributed by atoms with van der Waals surface area (Å²) in [5, 5.41) is 6.85. The van der Waals surface area contributed by atoms with Gasteiger partial charge in [0, 0.05) is 10.7 Å². The van der Waals surface area contributed by atoms with Crippen LogP contribution >= 0.6 is 27.5 Å². The lowest BCUT2D eigenvalue weighted by molar-refractivity contribution is -0.122. The summed E-state index contributed by atoms with van der Waals surface area (Å²) < 4.78 is 6.46. The van der Waals surface area contributed by atoms with E-state index in [1.54, 1.807) is 25.1 Å². The Morgan fingerprint density at radius 1 is 1.04 bits per heavy atom. The highest BCUT2D eigenvalue weighted by Crippen LogP contribution is 2.29. The molecule has 1 amide bonds. The Kier molecular flexibility index (Phi) is 6.60. The maximum absolute atomic E-state index is 12.6. The normalized spacial score (nSPS) is 11.6. The van der Waals surface area contributed by atoms with Crippen molar-refractivity contribution in [2.24, 2.45) is 0 Å². The fourth-order valence-corrected chi connectivity index (χ4v) is 3.32. The van der Waals surface area contributed by atoms with Crippen LogP contribution in [0.1, 0.15) is 12.5 Å². The molecule has 0 heterocycles. The van der Waals surface area contributed by atoms with Crippen LogP contribution in [0.5, 0.6) is 5.75 Å². The largest absolute Gasteiger partial charge is 0.480 e. The van der Waals surface area contributed by atoms with Crippen molar-refractivity contribution in [2.45, 2.75) is 20.0 Å². The van der Waals surface area contributed by atoms with Crippen LogP contribution in [0.15, 0.2) is 71.2 Å². The van der Waals surface area contributed by atoms with Crippen molar-refractivity contribution in [1.29, 1.82) is 0 Å². The van der Waals surface area contributed by atoms with E-state index in [1.165, 1.54) is 5.56 Å². The van der Waals surface area contributed by atoms with Crippen LogP contribution in [0.2, 0.25) is 5.02 Å². The number of hydrogen-bond acceptors (Lipinski definition) is 3. The Hall–Kier alpha value is -2.50. The Morgan fingerprint density at radius 3 is 2.39 bits per heavy atom. The molecule has 3 aromatic carbocycles. The molecule has 0 aromatic heterocycles. The van der Waals surface area contributed by atoms with Gasteiger partial charge in [0.1, 0.15) is 5.75 Å². The predicted octanol–water partition coefficient (Wildman–Crippen LogP) is 6.56. The molecule has 3 aromatic rings. The van der Waals surface area contributed by atoms with Crippen molar-refractivity contribution < 1.29 is 9.53 Å². The Labute approximate surface area is 178 Å². The first-order valence-electron chi connectivity index (χ1n) is 8.77. The van der Waals surface area contributed by atoms with Gasteiger partial charge in [-0.2, -0.15) is 0 Å². The summed E-state index contributed by atoms with van der Waals surface area (Å²) >= 11 is 9.34. The van der Waals surface area contributed by atoms with Gasteiger partial charge in [-0.1, -0.05) is 41.4 Å². The molecule has 0 saturated carbocycles. The first kappa shape index (κ1) is 20.2. The van der Waals surface area contributed by atoms with Gasteiger partial charge in [0.25, 0.3) is 5.91 Å². The summed E-state index contributed by atoms with van der Waals surface area (Å²) in [6.07, 6.45) is -0.690. The molecule has 1 atom stereocenters. The van der Waals surface area contributed by atoms with Crippen LogP contribution in [0, 0.1) is 6.92 Å². The fourth-order valence-electron chi connectivity index (χ4n) is 2.54. The number of nitrogens with one attached hydrogen (secondary N) is 2. The van der Waals surface area contributed by atoms with Crippen molar-refractivity contribution in [1.82, 2.24) is 0 Å². The minimum atomic E-state index is -0.690. The molecule has 0 fully saturated rings. The third kappa shape index (κ3) is 5.27. The van der Waals surface area contributed by atoms with E-state index in [-0.39, 0.29) is 5.91 Å². The van der Waals surface area contributed by atoms with Crippen molar-refractivity contribution in [3.05, 3.63) is 81.8 Å². The molecule has 0 spiro atoms. The van der Waals surface area contributed by atoms with Gasteiger partial charge in [-0.15, -0.1) is 0 Å². The molecule has 0 aliphatic carbocycles. The zero-order chi connectivity index (χ0) is 20.1. The van der Waals surface area contributed by atoms with Crippen LogP contribution in [0.4, 0.5) is 17.1 Å². The molecular weight excluding hydrogens is 440 g/mol. The number of halogens is 2. The van der Waals surface area contributed by atoms with E-state index in [1.807, 2.05) is 55.5 Å². The number of aryl methyl sites for hydroxylation is 1. The second kappa shape index (κ2) is 9.13. The zero-order valence-corrected chi connectivity index (χ0v) is 17.8. The number of carbonyl (C=O) groups excluding carboxylic acids is 1. The number of rotatable bonds is 6. The molecule has 0 bridgehead atoms. The second-order valence-corrected chi connectivity index (χ2v) is 7.65. The highest BCUT2D eigenvalue weighted by molar-refractivity contribution is 9.10. The number of para-hydroxylation sites is 2. The van der Waals surface area contributed by atoms with E-state index in [2.05, 4.69) is 26.6 Å². The monoisotopic (exact) mass is 458 g/mol. The minimum Gasteiger partial charge on any atom is -0.480 e. The molecule has 0 aliphatic heterocycles. The number of benzene rings is 3. The predicted molar refractivity (Wildman–Crippen MR) is 119 cm³/mol. The lowest BCUT2D eigenvalue weighted by Crippen LogP contribution is -2.30. The van der Waals surface area contributed by atoms with Gasteiger partial charge < -0.3 is 15.4 Å². The molecule has 0 radical (unpaired) electrons. The molecule has 6 heteroatoms. The molecular formula is C22H20BrClN2O2. The third-order valence-corrected chi connectivity index (χ3v) is 4.94. The SMILES string of the molecule is Cc1ccc(Nc2ccccc2NC(=O)C(C)Oc2ccc(Cl)cc2Br)cc1. The van der Waals surface area contributed by atoms with Crippen molar-refractivity contribution in [2.75, 3.05) is 10.6 Å². The molecule has 0 aliphatic rings. The van der Waals surface area contributed by atoms with Gasteiger partial charge in [0.15, 0.2) is 6.10 Å². The van der Waals surface area contributed by atoms with Crippen LogP contribution in [-0.2, 0) is 4.79 Å². The van der Waals surface area contributed by atoms with E-state index in [9.17, 15) is 4.79 Å². The van der Waals surface area contributed by atoms with Crippen molar-refractivity contribution in [3.8, 4) is 5.75 Å². The highest BCUT2D eigenvalue weighted by atomic mass is 79.9. The molecule has 3 rings (SSSR count). The maximum Gasteiger partial charge on any atom is 0.265 e. The first-order valence-corrected chi connectivity index (χ1v) is 9.95. The third-order valence-electron chi connectivity index (χ3n) is 4.08. The van der Waals surface area contributed by atoms with Gasteiger partial charge in [-0.3, -0.25) is 4.79 Å². The standard InChI is InChI=1S/C22H20BrClN2O2/c1-14-7-10-17(11-8-14)25-19-5-3-4-6-20(19)26-22(27)15(2)28-21-12-9-16(24)13-18(21)23/h3-13,15,25H,1-2H3,(H,26,27). The molecule has 28 heavy (non-hydrogen) atoms. The zero-order valence-electron chi connectivity index (χ0n) is 15.5. The summed E-state index contributed by atoms with van der Waals surface area (Å²) in [7, 11) is 0.